The van der Waals surface area contributed by atoms with Crippen LogP contribution in [0.4, 0.5) is 0 Å². The number of nitrogens with two attached hydrogens (primary N) is 1. The Morgan fingerprint density at radius 2 is 1.78 bits per heavy atom. The Bertz CT molecular complexity index is 324. The van der Waals surface area contributed by atoms with E-state index in [9.17, 15) is 0 Å². The van der Waals surface area contributed by atoms with E-state index in [0.717, 1.165) is 31.6 Å². The number of ether oxygens (including phenoxy) is 2. The highest BCUT2D eigenvalue weighted by Crippen LogP contribution is 2.15. The molecule has 1 aromatic rings. The number of benzene rings is 1. The molecule has 2 N–H and O–H groups in total. The van der Waals surface area contributed by atoms with E-state index in [4.69, 9.17) is 15.2 Å². The molecule has 0 amide bonds. The summed E-state index contributed by atoms with van der Waals surface area (Å²) in [5.74, 6) is 1.40. The number of hydrogen-bond donors (Lipinski definition) is 1. The summed E-state index contributed by atoms with van der Waals surface area (Å²) >= 11 is 0. The van der Waals surface area contributed by atoms with Gasteiger partial charge in [0.2, 0.25) is 0 Å². The predicted octanol–water partition coefficient (Wildman–Crippen LogP) is 2.63. The van der Waals surface area contributed by atoms with Crippen molar-refractivity contribution >= 4 is 0 Å². The molecule has 0 bridgehead atoms. The van der Waals surface area contributed by atoms with Gasteiger partial charge in [0.05, 0.1) is 7.11 Å². The molecular formula is C15H25NO2. The average molecular weight is 251 g/mol. The third-order valence-electron chi connectivity index (χ3n) is 3.43. The summed E-state index contributed by atoms with van der Waals surface area (Å²) in [6.45, 7) is 2.98. The molecule has 2 atom stereocenters. The highest BCUT2D eigenvalue weighted by atomic mass is 16.5. The van der Waals surface area contributed by atoms with Crippen molar-refractivity contribution in [2.45, 2.75) is 32.2 Å². The standard InChI is InChI=1S/C15H25NO2/c1-12(10-11-17-2)15(16)9-6-13-4-7-14(18-3)8-5-13/h4-5,7-8,12,15H,6,9-11,16H2,1-3H3. The number of rotatable bonds is 8. The van der Waals surface area contributed by atoms with Crippen molar-refractivity contribution in [3.63, 3.8) is 0 Å². The zero-order valence-corrected chi connectivity index (χ0v) is 11.7. The van der Waals surface area contributed by atoms with Gasteiger partial charge in [0.1, 0.15) is 5.75 Å². The minimum absolute atomic E-state index is 0.238. The predicted molar refractivity (Wildman–Crippen MR) is 74.9 cm³/mol. The summed E-state index contributed by atoms with van der Waals surface area (Å²) < 4.78 is 10.2. The molecule has 3 nitrogen and oxygen atoms in total. The lowest BCUT2D eigenvalue weighted by Crippen LogP contribution is -2.29. The van der Waals surface area contributed by atoms with Gasteiger partial charge in [-0.3, -0.25) is 0 Å². The molecule has 3 heteroatoms. The first kappa shape index (κ1) is 15.0. The van der Waals surface area contributed by atoms with E-state index >= 15 is 0 Å². The summed E-state index contributed by atoms with van der Waals surface area (Å²) in [4.78, 5) is 0. The van der Waals surface area contributed by atoms with Crippen LogP contribution in [0.5, 0.6) is 5.75 Å². The molecule has 18 heavy (non-hydrogen) atoms. The summed E-state index contributed by atoms with van der Waals surface area (Å²) in [5, 5.41) is 0. The van der Waals surface area contributed by atoms with Crippen LogP contribution in [0.25, 0.3) is 0 Å². The molecule has 0 aliphatic carbocycles. The van der Waals surface area contributed by atoms with E-state index in [1.807, 2.05) is 12.1 Å². The van der Waals surface area contributed by atoms with Gasteiger partial charge in [-0.2, -0.15) is 0 Å². The fourth-order valence-corrected chi connectivity index (χ4v) is 1.93. The highest BCUT2D eigenvalue weighted by molar-refractivity contribution is 5.27. The lowest BCUT2D eigenvalue weighted by molar-refractivity contribution is 0.173. The second-order valence-corrected chi connectivity index (χ2v) is 4.81. The third-order valence-corrected chi connectivity index (χ3v) is 3.43. The first-order valence-corrected chi connectivity index (χ1v) is 6.54. The minimum atomic E-state index is 0.238. The molecular weight excluding hydrogens is 226 g/mol. The lowest BCUT2D eigenvalue weighted by atomic mass is 9.94. The van der Waals surface area contributed by atoms with E-state index in [2.05, 4.69) is 19.1 Å². The summed E-state index contributed by atoms with van der Waals surface area (Å²) in [5.41, 5.74) is 7.49. The quantitative estimate of drug-likeness (QED) is 0.772. The topological polar surface area (TPSA) is 44.5 Å². The maximum absolute atomic E-state index is 6.18. The highest BCUT2D eigenvalue weighted by Gasteiger charge is 2.12. The third kappa shape index (κ3) is 5.07. The lowest BCUT2D eigenvalue weighted by Gasteiger charge is -2.19. The molecule has 0 aromatic heterocycles. The largest absolute Gasteiger partial charge is 0.497 e. The normalized spacial score (nSPS) is 14.2. The zero-order valence-electron chi connectivity index (χ0n) is 11.7. The fourth-order valence-electron chi connectivity index (χ4n) is 1.93. The van der Waals surface area contributed by atoms with Crippen LogP contribution in [0.1, 0.15) is 25.3 Å². The van der Waals surface area contributed by atoms with Crippen LogP contribution in [-0.2, 0) is 11.2 Å². The summed E-state index contributed by atoms with van der Waals surface area (Å²) in [6, 6.07) is 8.43. The van der Waals surface area contributed by atoms with Crippen LogP contribution >= 0.6 is 0 Å². The van der Waals surface area contributed by atoms with E-state index in [1.54, 1.807) is 14.2 Å². The molecule has 0 heterocycles. The van der Waals surface area contributed by atoms with Crippen molar-refractivity contribution in [2.75, 3.05) is 20.8 Å². The van der Waals surface area contributed by atoms with Crippen LogP contribution < -0.4 is 10.5 Å². The molecule has 2 unspecified atom stereocenters. The van der Waals surface area contributed by atoms with Gasteiger partial charge in [0.15, 0.2) is 0 Å². The Balaban J connectivity index is 2.34. The smallest absolute Gasteiger partial charge is 0.118 e. The maximum atomic E-state index is 6.18. The van der Waals surface area contributed by atoms with Crippen molar-refractivity contribution in [2.24, 2.45) is 11.7 Å². The maximum Gasteiger partial charge on any atom is 0.118 e. The van der Waals surface area contributed by atoms with Crippen LogP contribution in [0.2, 0.25) is 0 Å². The first-order valence-electron chi connectivity index (χ1n) is 6.54. The number of aryl methyl sites for hydroxylation is 1. The average Bonchev–Trinajstić information content (AvgIpc) is 2.42. The van der Waals surface area contributed by atoms with Crippen molar-refractivity contribution in [1.82, 2.24) is 0 Å². The summed E-state index contributed by atoms with van der Waals surface area (Å²) in [6.07, 6.45) is 3.06. The Kier molecular flexibility index (Phi) is 6.76. The molecule has 0 radical (unpaired) electrons. The molecule has 0 aliphatic heterocycles. The van der Waals surface area contributed by atoms with Crippen molar-refractivity contribution in [3.8, 4) is 5.75 Å². The molecule has 0 aliphatic rings. The van der Waals surface area contributed by atoms with Crippen LogP contribution in [-0.4, -0.2) is 26.9 Å². The Hall–Kier alpha value is -1.06. The molecule has 0 spiro atoms. The summed E-state index contributed by atoms with van der Waals surface area (Å²) in [7, 11) is 3.41. The molecule has 1 rings (SSSR count). The number of hydrogen-bond acceptors (Lipinski definition) is 3. The van der Waals surface area contributed by atoms with E-state index < -0.39 is 0 Å². The Labute approximate surface area is 110 Å². The van der Waals surface area contributed by atoms with Gasteiger partial charge in [0.25, 0.3) is 0 Å². The van der Waals surface area contributed by atoms with Crippen LogP contribution in [0.3, 0.4) is 0 Å². The van der Waals surface area contributed by atoms with Gasteiger partial charge in [-0.15, -0.1) is 0 Å². The SMILES string of the molecule is COCCC(C)C(N)CCc1ccc(OC)cc1. The van der Waals surface area contributed by atoms with Crippen molar-refractivity contribution in [1.29, 1.82) is 0 Å². The molecule has 0 saturated heterocycles. The Morgan fingerprint density at radius 1 is 1.11 bits per heavy atom. The van der Waals surface area contributed by atoms with Gasteiger partial charge in [-0.05, 0) is 42.9 Å². The minimum Gasteiger partial charge on any atom is -0.497 e. The molecule has 0 saturated carbocycles. The van der Waals surface area contributed by atoms with E-state index in [-0.39, 0.29) is 6.04 Å². The molecule has 0 fully saturated rings. The van der Waals surface area contributed by atoms with Crippen molar-refractivity contribution < 1.29 is 9.47 Å². The molecule has 1 aromatic carbocycles. The van der Waals surface area contributed by atoms with Gasteiger partial charge >= 0.3 is 0 Å². The number of methoxy groups -OCH3 is 2. The molecule has 102 valence electrons. The van der Waals surface area contributed by atoms with Crippen LogP contribution in [0.15, 0.2) is 24.3 Å². The monoisotopic (exact) mass is 251 g/mol. The van der Waals surface area contributed by atoms with Crippen molar-refractivity contribution in [3.05, 3.63) is 29.8 Å². The van der Waals surface area contributed by atoms with Gasteiger partial charge < -0.3 is 15.2 Å². The second-order valence-electron chi connectivity index (χ2n) is 4.81. The van der Waals surface area contributed by atoms with Gasteiger partial charge in [-0.1, -0.05) is 19.1 Å². The van der Waals surface area contributed by atoms with Crippen LogP contribution in [0, 0.1) is 5.92 Å². The Morgan fingerprint density at radius 3 is 2.33 bits per heavy atom. The zero-order chi connectivity index (χ0) is 13.4. The first-order chi connectivity index (χ1) is 8.67. The fraction of sp³-hybridized carbons (Fsp3) is 0.600. The van der Waals surface area contributed by atoms with E-state index in [0.29, 0.717) is 5.92 Å². The second kappa shape index (κ2) is 8.11. The van der Waals surface area contributed by atoms with E-state index in [1.165, 1.54) is 5.56 Å². The van der Waals surface area contributed by atoms with Gasteiger partial charge in [-0.25, -0.2) is 0 Å². The van der Waals surface area contributed by atoms with Gasteiger partial charge in [0, 0.05) is 19.8 Å².